The van der Waals surface area contributed by atoms with Gasteiger partial charge in [0.2, 0.25) is 0 Å². The van der Waals surface area contributed by atoms with Gasteiger partial charge in [0.1, 0.15) is 0 Å². The fourth-order valence-corrected chi connectivity index (χ4v) is 3.86. The molecule has 1 unspecified atom stereocenters. The van der Waals surface area contributed by atoms with Crippen molar-refractivity contribution in [3.63, 3.8) is 0 Å². The number of hydrogen-bond acceptors (Lipinski definition) is 3. The lowest BCUT2D eigenvalue weighted by Crippen LogP contribution is -2.56. The number of carboxylic acid groups (broad SMARTS) is 1. The highest BCUT2D eigenvalue weighted by Crippen LogP contribution is 2.34. The highest BCUT2D eigenvalue weighted by atomic mass is 35.5. The molecule has 1 aromatic carbocycles. The fourth-order valence-electron chi connectivity index (χ4n) is 3.65. The molecule has 5 heteroatoms. The first kappa shape index (κ1) is 17.7. The van der Waals surface area contributed by atoms with Crippen LogP contribution in [0.3, 0.4) is 0 Å². The molecule has 0 heterocycles. The van der Waals surface area contributed by atoms with E-state index in [1.54, 1.807) is 0 Å². The number of halogens is 1. The maximum Gasteiger partial charge on any atom is 0.317 e. The Bertz CT molecular complexity index is 570. The van der Waals surface area contributed by atoms with Crippen molar-refractivity contribution in [3.05, 3.63) is 34.9 Å². The lowest BCUT2D eigenvalue weighted by Gasteiger charge is -2.44. The van der Waals surface area contributed by atoms with Gasteiger partial charge >= 0.3 is 5.97 Å². The molecule has 1 atom stereocenters. The Kier molecular flexibility index (Phi) is 5.80. The molecule has 3 rings (SSSR count). The van der Waals surface area contributed by atoms with E-state index in [4.69, 9.17) is 16.7 Å². The van der Waals surface area contributed by atoms with Crippen molar-refractivity contribution in [2.45, 2.75) is 57.2 Å². The van der Waals surface area contributed by atoms with E-state index < -0.39 is 5.97 Å². The molecule has 2 saturated carbocycles. The quantitative estimate of drug-likeness (QED) is 0.718. The first-order chi connectivity index (χ1) is 11.5. The second-order valence-corrected chi connectivity index (χ2v) is 7.93. The third kappa shape index (κ3) is 5.20. The first-order valence-corrected chi connectivity index (χ1v) is 9.33. The number of nitrogens with zero attached hydrogens (tertiary/aromatic N) is 1. The second-order valence-electron chi connectivity index (χ2n) is 7.49. The lowest BCUT2D eigenvalue weighted by atomic mass is 9.84. The van der Waals surface area contributed by atoms with Crippen LogP contribution in [-0.4, -0.2) is 47.2 Å². The van der Waals surface area contributed by atoms with Crippen molar-refractivity contribution in [1.29, 1.82) is 0 Å². The van der Waals surface area contributed by atoms with Crippen LogP contribution in [0.25, 0.3) is 0 Å². The Hall–Kier alpha value is -1.10. The predicted octanol–water partition coefficient (Wildman–Crippen LogP) is 3.19. The van der Waals surface area contributed by atoms with Gasteiger partial charge in [0.25, 0.3) is 0 Å². The number of carbonyl (C=O) groups is 1. The summed E-state index contributed by atoms with van der Waals surface area (Å²) in [6.45, 7) is 3.35. The monoisotopic (exact) mass is 350 g/mol. The highest BCUT2D eigenvalue weighted by Gasteiger charge is 2.37. The minimum Gasteiger partial charge on any atom is -0.480 e. The van der Waals surface area contributed by atoms with E-state index in [1.165, 1.54) is 18.4 Å². The largest absolute Gasteiger partial charge is 0.480 e. The van der Waals surface area contributed by atoms with Crippen LogP contribution in [0.4, 0.5) is 0 Å². The molecule has 0 bridgehead atoms. The van der Waals surface area contributed by atoms with Crippen molar-refractivity contribution in [2.24, 2.45) is 5.92 Å². The standard InChI is InChI=1S/C19H27ClN2O2/c1-13(7-15-3-2-4-16(20)8-15)21-17-9-18(10-17)22(12-19(23)24)11-14-5-6-14/h2-4,8,13-14,17-18,21H,5-7,9-12H2,1H3,(H,23,24). The van der Waals surface area contributed by atoms with E-state index in [1.807, 2.05) is 18.2 Å². The van der Waals surface area contributed by atoms with E-state index in [0.717, 1.165) is 36.7 Å². The molecule has 0 amide bonds. The van der Waals surface area contributed by atoms with Gasteiger partial charge in [-0.2, -0.15) is 0 Å². The maximum atomic E-state index is 11.1. The zero-order valence-electron chi connectivity index (χ0n) is 14.2. The normalized spacial score (nSPS) is 24.6. The van der Waals surface area contributed by atoms with Gasteiger partial charge in [-0.25, -0.2) is 0 Å². The summed E-state index contributed by atoms with van der Waals surface area (Å²) in [5.74, 6) is 0.0273. The molecule has 24 heavy (non-hydrogen) atoms. The minimum atomic E-state index is -0.707. The van der Waals surface area contributed by atoms with Crippen LogP contribution in [-0.2, 0) is 11.2 Å². The van der Waals surface area contributed by atoms with Gasteiger partial charge in [0, 0.05) is 29.7 Å². The molecule has 132 valence electrons. The average Bonchev–Trinajstić information content (AvgIpc) is 3.25. The molecule has 0 aliphatic heterocycles. The summed E-state index contributed by atoms with van der Waals surface area (Å²) >= 11 is 6.04. The van der Waals surface area contributed by atoms with Gasteiger partial charge in [-0.05, 0) is 62.6 Å². The van der Waals surface area contributed by atoms with E-state index in [9.17, 15) is 4.79 Å². The molecule has 1 aromatic rings. The first-order valence-electron chi connectivity index (χ1n) is 8.96. The van der Waals surface area contributed by atoms with Crippen LogP contribution in [0.2, 0.25) is 5.02 Å². The smallest absolute Gasteiger partial charge is 0.317 e. The molecule has 2 N–H and O–H groups in total. The van der Waals surface area contributed by atoms with Crippen molar-refractivity contribution >= 4 is 17.6 Å². The van der Waals surface area contributed by atoms with Gasteiger partial charge in [0.05, 0.1) is 6.54 Å². The summed E-state index contributed by atoms with van der Waals surface area (Å²) in [5.41, 5.74) is 1.25. The van der Waals surface area contributed by atoms with E-state index in [2.05, 4.69) is 23.2 Å². The molecule has 0 aromatic heterocycles. The van der Waals surface area contributed by atoms with Gasteiger partial charge in [-0.1, -0.05) is 23.7 Å². The van der Waals surface area contributed by atoms with Crippen molar-refractivity contribution in [2.75, 3.05) is 13.1 Å². The third-order valence-corrected chi connectivity index (χ3v) is 5.34. The molecule has 2 fully saturated rings. The Balaban J connectivity index is 1.42. The molecule has 2 aliphatic rings. The molecular formula is C19H27ClN2O2. The van der Waals surface area contributed by atoms with E-state index >= 15 is 0 Å². The number of hydrogen-bond donors (Lipinski definition) is 2. The molecule has 0 radical (unpaired) electrons. The zero-order chi connectivity index (χ0) is 17.1. The fraction of sp³-hybridized carbons (Fsp3) is 0.632. The second kappa shape index (κ2) is 7.85. The van der Waals surface area contributed by atoms with Crippen molar-refractivity contribution in [3.8, 4) is 0 Å². The summed E-state index contributed by atoms with van der Waals surface area (Å²) in [7, 11) is 0. The van der Waals surface area contributed by atoms with Crippen LogP contribution in [0.15, 0.2) is 24.3 Å². The Morgan fingerprint density at radius 2 is 2.17 bits per heavy atom. The number of carboxylic acids is 1. The predicted molar refractivity (Wildman–Crippen MR) is 96.5 cm³/mol. The van der Waals surface area contributed by atoms with Gasteiger partial charge in [0.15, 0.2) is 0 Å². The molecular weight excluding hydrogens is 324 g/mol. The SMILES string of the molecule is CC(Cc1cccc(Cl)c1)NC1CC(N(CC(=O)O)CC2CC2)C1. The summed E-state index contributed by atoms with van der Waals surface area (Å²) in [6, 6.07) is 9.34. The van der Waals surface area contributed by atoms with Gasteiger partial charge in [-0.3, -0.25) is 9.69 Å². The molecule has 0 saturated heterocycles. The van der Waals surface area contributed by atoms with Crippen molar-refractivity contribution < 1.29 is 9.90 Å². The van der Waals surface area contributed by atoms with Crippen LogP contribution in [0, 0.1) is 5.92 Å². The van der Waals surface area contributed by atoms with E-state index in [-0.39, 0.29) is 6.54 Å². The van der Waals surface area contributed by atoms with Crippen LogP contribution < -0.4 is 5.32 Å². The zero-order valence-corrected chi connectivity index (χ0v) is 15.0. The molecule has 0 spiro atoms. The number of benzene rings is 1. The Morgan fingerprint density at radius 1 is 1.42 bits per heavy atom. The van der Waals surface area contributed by atoms with Gasteiger partial charge in [-0.15, -0.1) is 0 Å². The number of nitrogens with one attached hydrogen (secondary N) is 1. The maximum absolute atomic E-state index is 11.1. The van der Waals surface area contributed by atoms with Crippen LogP contribution in [0.5, 0.6) is 0 Å². The lowest BCUT2D eigenvalue weighted by molar-refractivity contribution is -0.139. The van der Waals surface area contributed by atoms with Gasteiger partial charge < -0.3 is 10.4 Å². The van der Waals surface area contributed by atoms with E-state index in [0.29, 0.717) is 18.1 Å². The summed E-state index contributed by atoms with van der Waals surface area (Å²) in [6.07, 6.45) is 5.60. The van der Waals surface area contributed by atoms with Crippen LogP contribution in [0.1, 0.15) is 38.2 Å². The van der Waals surface area contributed by atoms with Crippen molar-refractivity contribution in [1.82, 2.24) is 10.2 Å². The number of rotatable bonds is 9. The summed E-state index contributed by atoms with van der Waals surface area (Å²) in [5, 5.41) is 13.6. The Morgan fingerprint density at radius 3 is 2.79 bits per heavy atom. The minimum absolute atomic E-state index is 0.186. The highest BCUT2D eigenvalue weighted by molar-refractivity contribution is 6.30. The van der Waals surface area contributed by atoms with Crippen LogP contribution >= 0.6 is 11.6 Å². The third-order valence-electron chi connectivity index (χ3n) is 5.11. The average molecular weight is 351 g/mol. The molecule has 4 nitrogen and oxygen atoms in total. The number of aliphatic carboxylic acids is 1. The summed E-state index contributed by atoms with van der Waals surface area (Å²) in [4.78, 5) is 13.3. The topological polar surface area (TPSA) is 52.6 Å². The molecule has 2 aliphatic carbocycles. The Labute approximate surface area is 149 Å². The summed E-state index contributed by atoms with van der Waals surface area (Å²) < 4.78 is 0.